The van der Waals surface area contributed by atoms with E-state index in [-0.39, 0.29) is 0 Å². The Labute approximate surface area is 109 Å². The monoisotopic (exact) mass is 234 g/mol. The lowest BCUT2D eigenvalue weighted by atomic mass is 9.77. The van der Waals surface area contributed by atoms with E-state index >= 15 is 0 Å². The molecular weight excluding hydrogens is 204 g/mol. The van der Waals surface area contributed by atoms with E-state index in [2.05, 4.69) is 52.5 Å². The van der Waals surface area contributed by atoms with Gasteiger partial charge in [-0.15, -0.1) is 0 Å². The molecule has 0 aliphatic heterocycles. The van der Waals surface area contributed by atoms with Crippen molar-refractivity contribution in [3.63, 3.8) is 0 Å². The van der Waals surface area contributed by atoms with Gasteiger partial charge in [0.15, 0.2) is 0 Å². The first-order valence-corrected chi connectivity index (χ1v) is 7.07. The van der Waals surface area contributed by atoms with Crippen molar-refractivity contribution in [3.05, 3.63) is 36.5 Å². The zero-order valence-corrected chi connectivity index (χ0v) is 12.3. The second-order valence-corrected chi connectivity index (χ2v) is 5.02. The maximum Gasteiger partial charge on any atom is -0.0271 e. The quantitative estimate of drug-likeness (QED) is 0.336. The summed E-state index contributed by atoms with van der Waals surface area (Å²) < 4.78 is 0. The summed E-state index contributed by atoms with van der Waals surface area (Å²) in [6.45, 7) is 12.8. The average molecular weight is 234 g/mol. The van der Waals surface area contributed by atoms with E-state index in [0.29, 0.717) is 5.41 Å². The minimum atomic E-state index is 0.544. The van der Waals surface area contributed by atoms with Gasteiger partial charge in [0.1, 0.15) is 0 Å². The molecule has 0 aliphatic rings. The molecule has 0 aromatic carbocycles. The van der Waals surface area contributed by atoms with Crippen molar-refractivity contribution < 1.29 is 0 Å². The van der Waals surface area contributed by atoms with E-state index in [0.717, 1.165) is 12.8 Å². The summed E-state index contributed by atoms with van der Waals surface area (Å²) in [5.41, 5.74) is 1.96. The Morgan fingerprint density at radius 1 is 1.06 bits per heavy atom. The van der Waals surface area contributed by atoms with Crippen molar-refractivity contribution in [2.24, 2.45) is 5.41 Å². The van der Waals surface area contributed by atoms with Crippen LogP contribution in [0.15, 0.2) is 36.5 Å². The van der Waals surface area contributed by atoms with E-state index in [1.54, 1.807) is 0 Å². The Hall–Kier alpha value is -0.780. The zero-order valence-electron chi connectivity index (χ0n) is 12.3. The molecular formula is C17H30. The van der Waals surface area contributed by atoms with Crippen LogP contribution in [0.3, 0.4) is 0 Å². The Morgan fingerprint density at radius 2 is 1.65 bits per heavy atom. The summed E-state index contributed by atoms with van der Waals surface area (Å²) in [6.07, 6.45) is 16.1. The van der Waals surface area contributed by atoms with E-state index in [9.17, 15) is 0 Å². The predicted molar refractivity (Wildman–Crippen MR) is 80.3 cm³/mol. The van der Waals surface area contributed by atoms with Crippen LogP contribution >= 0.6 is 0 Å². The molecule has 0 amide bonds. The normalized spacial score (nSPS) is 13.3. The van der Waals surface area contributed by atoms with Gasteiger partial charge < -0.3 is 0 Å². The third kappa shape index (κ3) is 6.51. The van der Waals surface area contributed by atoms with Crippen LogP contribution < -0.4 is 0 Å². The fourth-order valence-corrected chi connectivity index (χ4v) is 2.23. The van der Waals surface area contributed by atoms with Gasteiger partial charge in [0, 0.05) is 0 Å². The molecule has 0 saturated heterocycles. The van der Waals surface area contributed by atoms with Gasteiger partial charge in [-0.3, -0.25) is 0 Å². The van der Waals surface area contributed by atoms with Gasteiger partial charge in [0.2, 0.25) is 0 Å². The summed E-state index contributed by atoms with van der Waals surface area (Å²) in [5, 5.41) is 0. The van der Waals surface area contributed by atoms with Crippen molar-refractivity contribution in [3.8, 4) is 0 Å². The number of rotatable bonds is 9. The van der Waals surface area contributed by atoms with E-state index in [1.807, 2.05) is 6.08 Å². The fourth-order valence-electron chi connectivity index (χ4n) is 2.23. The third-order valence-electron chi connectivity index (χ3n) is 4.08. The van der Waals surface area contributed by atoms with E-state index < -0.39 is 0 Å². The summed E-state index contributed by atoms with van der Waals surface area (Å²) in [7, 11) is 0. The van der Waals surface area contributed by atoms with Crippen LogP contribution in [0.5, 0.6) is 0 Å². The highest BCUT2D eigenvalue weighted by atomic mass is 14.3. The van der Waals surface area contributed by atoms with Crippen molar-refractivity contribution in [1.82, 2.24) is 0 Å². The zero-order chi connectivity index (χ0) is 13.1. The standard InChI is InChI=1S/C17H30/c1-6-13-16(5)14-11-10-12-15-17(7-2,8-3)9-4/h6,10,12-13H,1,7-9,11,14-15H2,2-5H3. The Balaban J connectivity index is 4.02. The lowest BCUT2D eigenvalue weighted by Crippen LogP contribution is -2.16. The van der Waals surface area contributed by atoms with Gasteiger partial charge in [0.25, 0.3) is 0 Å². The van der Waals surface area contributed by atoms with Crippen molar-refractivity contribution >= 4 is 0 Å². The van der Waals surface area contributed by atoms with Crippen LogP contribution in [0.1, 0.15) is 66.2 Å². The van der Waals surface area contributed by atoms with Crippen molar-refractivity contribution in [2.45, 2.75) is 66.2 Å². The number of hydrogen-bond donors (Lipinski definition) is 0. The van der Waals surface area contributed by atoms with E-state index in [4.69, 9.17) is 0 Å². The van der Waals surface area contributed by atoms with Crippen molar-refractivity contribution in [2.75, 3.05) is 0 Å². The fraction of sp³-hybridized carbons (Fsp3) is 0.647. The largest absolute Gasteiger partial charge is 0.0991 e. The maximum absolute atomic E-state index is 3.72. The minimum Gasteiger partial charge on any atom is -0.0991 e. The Bertz CT molecular complexity index is 243. The first-order valence-electron chi connectivity index (χ1n) is 7.07. The van der Waals surface area contributed by atoms with Crippen LogP contribution in [-0.2, 0) is 0 Å². The predicted octanol–water partition coefficient (Wildman–Crippen LogP) is 6.06. The first kappa shape index (κ1) is 16.2. The Kier molecular flexibility index (Phi) is 8.85. The van der Waals surface area contributed by atoms with Crippen LogP contribution in [0.25, 0.3) is 0 Å². The van der Waals surface area contributed by atoms with Crippen LogP contribution in [-0.4, -0.2) is 0 Å². The summed E-state index contributed by atoms with van der Waals surface area (Å²) >= 11 is 0. The molecule has 0 aromatic rings. The van der Waals surface area contributed by atoms with Crippen LogP contribution in [0, 0.1) is 5.41 Å². The molecule has 0 atom stereocenters. The molecule has 0 spiro atoms. The number of allylic oxidation sites excluding steroid dienone is 5. The molecule has 0 unspecified atom stereocenters. The van der Waals surface area contributed by atoms with Gasteiger partial charge in [-0.1, -0.05) is 76.5 Å². The molecule has 0 aliphatic carbocycles. The lowest BCUT2D eigenvalue weighted by Gasteiger charge is -2.29. The Morgan fingerprint density at radius 3 is 2.12 bits per heavy atom. The second kappa shape index (κ2) is 9.27. The number of hydrogen-bond acceptors (Lipinski definition) is 0. The van der Waals surface area contributed by atoms with Crippen molar-refractivity contribution in [1.29, 1.82) is 0 Å². The minimum absolute atomic E-state index is 0.544. The van der Waals surface area contributed by atoms with Crippen LogP contribution in [0.4, 0.5) is 0 Å². The molecule has 0 heterocycles. The topological polar surface area (TPSA) is 0 Å². The van der Waals surface area contributed by atoms with Gasteiger partial charge in [-0.2, -0.15) is 0 Å². The lowest BCUT2D eigenvalue weighted by molar-refractivity contribution is 0.254. The van der Waals surface area contributed by atoms with Gasteiger partial charge >= 0.3 is 0 Å². The molecule has 98 valence electrons. The van der Waals surface area contributed by atoms with Gasteiger partial charge in [-0.05, 0) is 31.6 Å². The molecule has 0 heteroatoms. The summed E-state index contributed by atoms with van der Waals surface area (Å²) in [6, 6.07) is 0. The average Bonchev–Trinajstić information content (AvgIpc) is 2.35. The first-order chi connectivity index (χ1) is 8.14. The van der Waals surface area contributed by atoms with Gasteiger partial charge in [-0.25, -0.2) is 0 Å². The maximum atomic E-state index is 3.72. The third-order valence-corrected chi connectivity index (χ3v) is 4.08. The smallest absolute Gasteiger partial charge is 0.0271 e. The molecule has 17 heavy (non-hydrogen) atoms. The molecule has 0 aromatic heterocycles. The molecule has 0 rings (SSSR count). The SMILES string of the molecule is C=CC=C(C)CCC=CCC(CC)(CC)CC. The van der Waals surface area contributed by atoms with Crippen LogP contribution in [0.2, 0.25) is 0 Å². The van der Waals surface area contributed by atoms with E-state index in [1.165, 1.54) is 31.3 Å². The second-order valence-electron chi connectivity index (χ2n) is 5.02. The van der Waals surface area contributed by atoms with Gasteiger partial charge in [0.05, 0.1) is 0 Å². The summed E-state index contributed by atoms with van der Waals surface area (Å²) in [4.78, 5) is 0. The highest BCUT2D eigenvalue weighted by Gasteiger charge is 2.21. The molecule has 0 saturated carbocycles. The molecule has 0 N–H and O–H groups in total. The highest BCUT2D eigenvalue weighted by Crippen LogP contribution is 2.34. The molecule has 0 nitrogen and oxygen atoms in total. The highest BCUT2D eigenvalue weighted by molar-refractivity contribution is 5.08. The summed E-state index contributed by atoms with van der Waals surface area (Å²) in [5.74, 6) is 0. The molecule has 0 fully saturated rings. The molecule has 0 radical (unpaired) electrons. The molecule has 0 bridgehead atoms.